The Labute approximate surface area is 156 Å². The van der Waals surface area contributed by atoms with Crippen LogP contribution in [0.4, 0.5) is 5.69 Å². The van der Waals surface area contributed by atoms with E-state index < -0.39 is 0 Å². The second kappa shape index (κ2) is 7.04. The lowest BCUT2D eigenvalue weighted by Crippen LogP contribution is -2.02. The van der Waals surface area contributed by atoms with Crippen LogP contribution in [0.1, 0.15) is 16.7 Å². The average molecular weight is 353 g/mol. The third kappa shape index (κ3) is 3.35. The van der Waals surface area contributed by atoms with Crippen molar-refractivity contribution >= 4 is 16.8 Å². The molecule has 6 nitrogen and oxygen atoms in total. The summed E-state index contributed by atoms with van der Waals surface area (Å²) in [5.41, 5.74) is 5.56. The van der Waals surface area contributed by atoms with Gasteiger partial charge in [0, 0.05) is 11.3 Å². The van der Waals surface area contributed by atoms with Gasteiger partial charge in [-0.05, 0) is 61.7 Å². The van der Waals surface area contributed by atoms with Gasteiger partial charge in [-0.2, -0.15) is 15.8 Å². The molecule has 0 saturated heterocycles. The van der Waals surface area contributed by atoms with Crippen LogP contribution in [0.2, 0.25) is 0 Å². The Balaban J connectivity index is 2.06. The zero-order chi connectivity index (χ0) is 19.6. The summed E-state index contributed by atoms with van der Waals surface area (Å²) in [5, 5.41) is 30.1. The Hall–Kier alpha value is -4.08. The zero-order valence-corrected chi connectivity index (χ0v) is 15.1. The minimum Gasteiger partial charge on any atom is -0.436 e. The average Bonchev–Trinajstić information content (AvgIpc) is 3.06. The Morgan fingerprint density at radius 1 is 0.926 bits per heavy atom. The summed E-state index contributed by atoms with van der Waals surface area (Å²) in [6.07, 6.45) is 0. The van der Waals surface area contributed by atoms with Crippen LogP contribution in [0.25, 0.3) is 22.6 Å². The number of anilines is 1. The number of aryl methyl sites for hydroxylation is 3. The lowest BCUT2D eigenvalue weighted by molar-refractivity contribution is 0.619. The molecule has 0 saturated carbocycles. The molecule has 0 atom stereocenters. The summed E-state index contributed by atoms with van der Waals surface area (Å²) in [6.45, 7) is 5.90. The molecule has 2 aromatic carbocycles. The molecule has 1 heterocycles. The highest BCUT2D eigenvalue weighted by Crippen LogP contribution is 2.29. The lowest BCUT2D eigenvalue weighted by atomic mass is 10.1. The number of nitrogens with one attached hydrogen (secondary N) is 1. The van der Waals surface area contributed by atoms with Gasteiger partial charge in [-0.15, -0.1) is 0 Å². The van der Waals surface area contributed by atoms with Gasteiger partial charge in [0.15, 0.2) is 11.2 Å². The molecule has 1 N–H and O–H groups in total. The van der Waals surface area contributed by atoms with E-state index in [-0.39, 0.29) is 11.3 Å². The number of oxazole rings is 1. The number of hydrogen-bond donors (Lipinski definition) is 1. The van der Waals surface area contributed by atoms with E-state index in [1.54, 1.807) is 18.2 Å². The molecule has 0 bridgehead atoms. The van der Waals surface area contributed by atoms with Crippen molar-refractivity contribution < 1.29 is 4.42 Å². The van der Waals surface area contributed by atoms with Crippen LogP contribution in [-0.4, -0.2) is 4.98 Å². The van der Waals surface area contributed by atoms with Gasteiger partial charge in [0.25, 0.3) is 0 Å². The van der Waals surface area contributed by atoms with E-state index >= 15 is 0 Å². The van der Waals surface area contributed by atoms with Gasteiger partial charge in [0.05, 0.1) is 0 Å². The lowest BCUT2D eigenvalue weighted by Gasteiger charge is -2.09. The summed E-state index contributed by atoms with van der Waals surface area (Å²) in [7, 11) is 0. The van der Waals surface area contributed by atoms with Gasteiger partial charge < -0.3 is 9.73 Å². The molecule has 1 aromatic heterocycles. The topological polar surface area (TPSA) is 109 Å². The number of hydrogen-bond acceptors (Lipinski definition) is 6. The summed E-state index contributed by atoms with van der Waals surface area (Å²) < 4.78 is 5.89. The maximum atomic E-state index is 9.24. The maximum Gasteiger partial charge on any atom is 0.227 e. The first kappa shape index (κ1) is 17.7. The van der Waals surface area contributed by atoms with Crippen LogP contribution < -0.4 is 5.32 Å². The fourth-order valence-electron chi connectivity index (χ4n) is 2.61. The van der Waals surface area contributed by atoms with Crippen LogP contribution in [-0.2, 0) is 0 Å². The minimum absolute atomic E-state index is 0.0935. The van der Waals surface area contributed by atoms with Gasteiger partial charge >= 0.3 is 0 Å². The fraction of sp³-hybridized carbons (Fsp3) is 0.143. The first-order chi connectivity index (χ1) is 13.0. The monoisotopic (exact) mass is 353 g/mol. The Bertz CT molecular complexity index is 1160. The molecule has 6 heteroatoms. The summed E-state index contributed by atoms with van der Waals surface area (Å²) in [5.74, 6) is 0.460. The van der Waals surface area contributed by atoms with Crippen molar-refractivity contribution in [1.29, 1.82) is 15.8 Å². The predicted molar refractivity (Wildman–Crippen MR) is 101 cm³/mol. The van der Waals surface area contributed by atoms with E-state index in [1.165, 1.54) is 0 Å². The van der Waals surface area contributed by atoms with Gasteiger partial charge in [-0.25, -0.2) is 4.98 Å². The standard InChI is InChI=1S/C21H15N5O/c1-12-4-5-15(8-17(12)25-19(11-24)16(9-22)10-23)21-26-18-6-13(2)14(3)7-20(18)27-21/h4-8,25H,1-3H3. The normalized spacial score (nSPS) is 9.93. The Kier molecular flexibility index (Phi) is 4.62. The van der Waals surface area contributed by atoms with Crippen molar-refractivity contribution in [3.63, 3.8) is 0 Å². The van der Waals surface area contributed by atoms with Crippen LogP contribution in [0.15, 0.2) is 46.0 Å². The van der Waals surface area contributed by atoms with Crippen LogP contribution in [0, 0.1) is 54.8 Å². The molecular weight excluding hydrogens is 338 g/mol. The van der Waals surface area contributed by atoms with Crippen molar-refractivity contribution in [2.75, 3.05) is 5.32 Å². The molecule has 0 aliphatic rings. The largest absolute Gasteiger partial charge is 0.436 e. The Morgan fingerprint density at radius 3 is 2.30 bits per heavy atom. The smallest absolute Gasteiger partial charge is 0.227 e. The molecule has 130 valence electrons. The van der Waals surface area contributed by atoms with E-state index in [0.29, 0.717) is 17.2 Å². The number of rotatable bonds is 3. The molecule has 3 rings (SSSR count). The molecule has 0 fully saturated rings. The van der Waals surface area contributed by atoms with Crippen molar-refractivity contribution in [2.45, 2.75) is 20.8 Å². The molecule has 27 heavy (non-hydrogen) atoms. The third-order valence-corrected chi connectivity index (χ3v) is 4.33. The van der Waals surface area contributed by atoms with Crippen molar-refractivity contribution in [3.8, 4) is 29.7 Å². The summed E-state index contributed by atoms with van der Waals surface area (Å²) in [4.78, 5) is 4.55. The zero-order valence-electron chi connectivity index (χ0n) is 15.1. The fourth-order valence-corrected chi connectivity index (χ4v) is 2.61. The van der Waals surface area contributed by atoms with Crippen LogP contribution in [0.5, 0.6) is 0 Å². The SMILES string of the molecule is Cc1cc2nc(-c3ccc(C)c(NC(C#N)=C(C#N)C#N)c3)oc2cc1C. The highest BCUT2D eigenvalue weighted by atomic mass is 16.3. The van der Waals surface area contributed by atoms with Crippen LogP contribution >= 0.6 is 0 Å². The minimum atomic E-state index is -0.268. The van der Waals surface area contributed by atoms with E-state index in [2.05, 4.69) is 10.3 Å². The Morgan fingerprint density at radius 2 is 1.63 bits per heavy atom. The highest BCUT2D eigenvalue weighted by Gasteiger charge is 2.13. The van der Waals surface area contributed by atoms with Crippen molar-refractivity contribution in [1.82, 2.24) is 4.98 Å². The van der Waals surface area contributed by atoms with Crippen molar-refractivity contribution in [2.24, 2.45) is 0 Å². The number of aromatic nitrogens is 1. The maximum absolute atomic E-state index is 9.24. The molecule has 0 spiro atoms. The summed E-state index contributed by atoms with van der Waals surface area (Å²) in [6, 6.07) is 14.7. The second-order valence-corrected chi connectivity index (χ2v) is 6.16. The predicted octanol–water partition coefficient (Wildman–Crippen LogP) is 4.66. The number of fused-ring (bicyclic) bond motifs is 1. The molecule has 0 amide bonds. The molecular formula is C21H15N5O. The van der Waals surface area contributed by atoms with E-state index in [1.807, 2.05) is 51.1 Å². The molecule has 0 radical (unpaired) electrons. The molecule has 0 aliphatic heterocycles. The van der Waals surface area contributed by atoms with Gasteiger partial charge in [0.2, 0.25) is 5.89 Å². The van der Waals surface area contributed by atoms with Gasteiger partial charge in [-0.1, -0.05) is 6.07 Å². The quantitative estimate of drug-likeness (QED) is 0.686. The first-order valence-electron chi connectivity index (χ1n) is 8.17. The highest BCUT2D eigenvalue weighted by molar-refractivity contribution is 5.79. The van der Waals surface area contributed by atoms with E-state index in [4.69, 9.17) is 14.9 Å². The summed E-state index contributed by atoms with van der Waals surface area (Å²) >= 11 is 0. The number of nitriles is 3. The van der Waals surface area contributed by atoms with Crippen molar-refractivity contribution in [3.05, 3.63) is 58.3 Å². The van der Waals surface area contributed by atoms with Crippen LogP contribution in [0.3, 0.4) is 0 Å². The van der Waals surface area contributed by atoms with Gasteiger partial charge in [-0.3, -0.25) is 0 Å². The molecule has 3 aromatic rings. The van der Waals surface area contributed by atoms with E-state index in [9.17, 15) is 5.26 Å². The third-order valence-electron chi connectivity index (χ3n) is 4.33. The first-order valence-corrected chi connectivity index (χ1v) is 8.17. The number of nitrogens with zero attached hydrogens (tertiary/aromatic N) is 4. The number of benzene rings is 2. The van der Waals surface area contributed by atoms with Gasteiger partial charge in [0.1, 0.15) is 29.4 Å². The molecule has 0 unspecified atom stereocenters. The molecule has 0 aliphatic carbocycles. The van der Waals surface area contributed by atoms with E-state index in [0.717, 1.165) is 27.8 Å². The second-order valence-electron chi connectivity index (χ2n) is 6.16. The number of allylic oxidation sites excluding steroid dienone is 2.